The second-order valence-corrected chi connectivity index (χ2v) is 3.71. The number of hydrogen-bond donors (Lipinski definition) is 0. The molecule has 0 aromatic rings. The maximum Gasteiger partial charge on any atom is 1.00 e. The van der Waals surface area contributed by atoms with Gasteiger partial charge in [0.2, 0.25) is 0 Å². The van der Waals surface area contributed by atoms with E-state index in [1.54, 1.807) is 0 Å². The number of rotatable bonds is 2. The third-order valence-electron chi connectivity index (χ3n) is 2.48. The van der Waals surface area contributed by atoms with Crippen LogP contribution in [0.25, 0.3) is 0 Å². The predicted octanol–water partition coefficient (Wildman–Crippen LogP) is -0.0128. The van der Waals surface area contributed by atoms with E-state index in [-0.39, 0.29) is 57.2 Å². The van der Waals surface area contributed by atoms with E-state index < -0.39 is 19.2 Å². The summed E-state index contributed by atoms with van der Waals surface area (Å²) >= 11 is 0. The maximum absolute atomic E-state index is 12.1. The van der Waals surface area contributed by atoms with Gasteiger partial charge in [0.1, 0.15) is 5.78 Å². The molecule has 0 bridgehead atoms. The summed E-state index contributed by atoms with van der Waals surface area (Å²) in [5.41, 5.74) is 0. The standard InChI is InChI=1S/C8H13BF3O.K/c10-9(11,12)6-7-4-2-1-3-5-8(7)13;/h7H,1-6H2;/q-1;+1. The zero-order chi connectivity index (χ0) is 9.90. The summed E-state index contributed by atoms with van der Waals surface area (Å²) in [5, 5.41) is 0. The van der Waals surface area contributed by atoms with E-state index in [9.17, 15) is 17.7 Å². The van der Waals surface area contributed by atoms with Crippen LogP contribution in [0.15, 0.2) is 0 Å². The largest absolute Gasteiger partial charge is 1.00 e. The maximum atomic E-state index is 12.1. The van der Waals surface area contributed by atoms with Crippen molar-refractivity contribution >= 4 is 12.8 Å². The molecular formula is C8H13BF3KO. The molecule has 0 saturated heterocycles. The van der Waals surface area contributed by atoms with Crippen LogP contribution in [0, 0.1) is 5.92 Å². The van der Waals surface area contributed by atoms with Crippen LogP contribution in [0.4, 0.5) is 12.9 Å². The Balaban J connectivity index is 0.00000169. The van der Waals surface area contributed by atoms with Gasteiger partial charge in [0, 0.05) is 6.42 Å². The van der Waals surface area contributed by atoms with Gasteiger partial charge in [-0.25, -0.2) is 0 Å². The van der Waals surface area contributed by atoms with Crippen LogP contribution in [0.3, 0.4) is 0 Å². The first-order valence-corrected chi connectivity index (χ1v) is 4.73. The summed E-state index contributed by atoms with van der Waals surface area (Å²) in [6.07, 6.45) is 2.34. The van der Waals surface area contributed by atoms with E-state index in [1.807, 2.05) is 0 Å². The Kier molecular flexibility index (Phi) is 7.24. The fraction of sp³-hybridized carbons (Fsp3) is 0.875. The molecule has 1 nitrogen and oxygen atoms in total. The van der Waals surface area contributed by atoms with Crippen molar-refractivity contribution in [3.63, 3.8) is 0 Å². The van der Waals surface area contributed by atoms with Crippen molar-refractivity contribution in [2.24, 2.45) is 5.92 Å². The average molecular weight is 232 g/mol. The van der Waals surface area contributed by atoms with Crippen LogP contribution in [-0.2, 0) is 4.79 Å². The van der Waals surface area contributed by atoms with Gasteiger partial charge in [-0.15, -0.1) is 0 Å². The van der Waals surface area contributed by atoms with Crippen LogP contribution in [0.5, 0.6) is 0 Å². The fourth-order valence-corrected chi connectivity index (χ4v) is 1.80. The van der Waals surface area contributed by atoms with Gasteiger partial charge in [-0.05, 0) is 18.8 Å². The van der Waals surface area contributed by atoms with Gasteiger partial charge in [0.25, 0.3) is 0 Å². The third kappa shape index (κ3) is 5.90. The molecule has 1 saturated carbocycles. The molecule has 0 radical (unpaired) electrons. The Hall–Kier alpha value is 1.16. The quantitative estimate of drug-likeness (QED) is 0.483. The fourth-order valence-electron chi connectivity index (χ4n) is 1.80. The van der Waals surface area contributed by atoms with Gasteiger partial charge in [0.15, 0.2) is 0 Å². The van der Waals surface area contributed by atoms with Crippen molar-refractivity contribution in [2.45, 2.75) is 38.4 Å². The number of ketones is 1. The van der Waals surface area contributed by atoms with E-state index in [4.69, 9.17) is 0 Å². The van der Waals surface area contributed by atoms with Gasteiger partial charge in [-0.3, -0.25) is 4.79 Å². The number of halogens is 3. The second-order valence-electron chi connectivity index (χ2n) is 3.71. The second kappa shape index (κ2) is 6.68. The van der Waals surface area contributed by atoms with Crippen molar-refractivity contribution in [1.82, 2.24) is 0 Å². The van der Waals surface area contributed by atoms with Crippen LogP contribution in [-0.4, -0.2) is 12.8 Å². The molecule has 1 fully saturated rings. The molecule has 6 heteroatoms. The van der Waals surface area contributed by atoms with E-state index in [0.29, 0.717) is 12.8 Å². The Bertz CT molecular complexity index is 196. The van der Waals surface area contributed by atoms with Crippen molar-refractivity contribution in [3.8, 4) is 0 Å². The van der Waals surface area contributed by atoms with E-state index in [1.165, 1.54) is 0 Å². The molecule has 0 aromatic carbocycles. The molecule has 1 atom stereocenters. The average Bonchev–Trinajstić information content (AvgIpc) is 2.14. The summed E-state index contributed by atoms with van der Waals surface area (Å²) in [6, 6.07) is 0. The summed E-state index contributed by atoms with van der Waals surface area (Å²) in [5.74, 6) is -0.917. The number of hydrogen-bond acceptors (Lipinski definition) is 1. The molecule has 0 aliphatic heterocycles. The minimum Gasteiger partial charge on any atom is -0.449 e. The van der Waals surface area contributed by atoms with Crippen LogP contribution in [0.2, 0.25) is 6.32 Å². The van der Waals surface area contributed by atoms with E-state index in [0.717, 1.165) is 19.3 Å². The van der Waals surface area contributed by atoms with Crippen LogP contribution >= 0.6 is 0 Å². The molecule has 0 aromatic heterocycles. The zero-order valence-electron chi connectivity index (χ0n) is 8.44. The Labute approximate surface area is 125 Å². The Morgan fingerprint density at radius 3 is 2.43 bits per heavy atom. The molecule has 0 spiro atoms. The number of Topliss-reactive ketones (excluding diaryl/α,β-unsaturated/α-hetero) is 1. The molecule has 0 N–H and O–H groups in total. The van der Waals surface area contributed by atoms with Gasteiger partial charge >= 0.3 is 58.4 Å². The molecule has 0 heterocycles. The van der Waals surface area contributed by atoms with Crippen molar-refractivity contribution in [1.29, 1.82) is 0 Å². The Morgan fingerprint density at radius 1 is 1.21 bits per heavy atom. The van der Waals surface area contributed by atoms with Crippen molar-refractivity contribution in [2.75, 3.05) is 0 Å². The van der Waals surface area contributed by atoms with Crippen molar-refractivity contribution in [3.05, 3.63) is 0 Å². The molecule has 76 valence electrons. The van der Waals surface area contributed by atoms with Gasteiger partial charge < -0.3 is 12.9 Å². The normalized spacial score (nSPS) is 23.9. The summed E-state index contributed by atoms with van der Waals surface area (Å²) in [7, 11) is 0. The van der Waals surface area contributed by atoms with Crippen LogP contribution < -0.4 is 51.4 Å². The first-order valence-electron chi connectivity index (χ1n) is 4.73. The van der Waals surface area contributed by atoms with Crippen molar-refractivity contribution < 1.29 is 69.1 Å². The summed E-state index contributed by atoms with van der Waals surface area (Å²) in [4.78, 5) is 11.2. The SMILES string of the molecule is O=C1CCCCCC1C[B-](F)(F)F.[K+]. The first kappa shape index (κ1) is 15.2. The van der Waals surface area contributed by atoms with Gasteiger partial charge in [-0.1, -0.05) is 19.2 Å². The summed E-state index contributed by atoms with van der Waals surface area (Å²) in [6.45, 7) is -4.79. The van der Waals surface area contributed by atoms with E-state index in [2.05, 4.69) is 0 Å². The molecule has 1 unspecified atom stereocenters. The minimum absolute atomic E-state index is 0. The number of carbonyl (C=O) groups is 1. The van der Waals surface area contributed by atoms with E-state index >= 15 is 0 Å². The van der Waals surface area contributed by atoms with Gasteiger partial charge in [-0.2, -0.15) is 0 Å². The predicted molar refractivity (Wildman–Crippen MR) is 45.5 cm³/mol. The third-order valence-corrected chi connectivity index (χ3v) is 2.48. The molecule has 14 heavy (non-hydrogen) atoms. The van der Waals surface area contributed by atoms with Gasteiger partial charge in [0.05, 0.1) is 0 Å². The number of carbonyl (C=O) groups excluding carboxylic acids is 1. The summed E-state index contributed by atoms with van der Waals surface area (Å²) < 4.78 is 36.2. The van der Waals surface area contributed by atoms with Crippen LogP contribution in [0.1, 0.15) is 32.1 Å². The molecule has 1 aliphatic carbocycles. The smallest absolute Gasteiger partial charge is 0.449 e. The molecule has 0 amide bonds. The topological polar surface area (TPSA) is 17.1 Å². The zero-order valence-corrected chi connectivity index (χ0v) is 11.6. The monoisotopic (exact) mass is 232 g/mol. The minimum atomic E-state index is -4.79. The Morgan fingerprint density at radius 2 is 1.86 bits per heavy atom. The molecular weight excluding hydrogens is 219 g/mol. The molecule has 1 aliphatic rings. The molecule has 1 rings (SSSR count). The first-order chi connectivity index (χ1) is 5.99.